The third kappa shape index (κ3) is 7.57. The van der Waals surface area contributed by atoms with E-state index >= 15 is 0 Å². The number of likely N-dealkylation sites (N-methyl/N-ethyl adjacent to an activating group) is 1. The third-order valence-corrected chi connectivity index (χ3v) is 6.94. The first-order valence-corrected chi connectivity index (χ1v) is 13.7. The fraction of sp³-hybridized carbons (Fsp3) is 0.281. The highest BCUT2D eigenvalue weighted by Crippen LogP contribution is 2.18. The molecule has 0 fully saturated rings. The van der Waals surface area contributed by atoms with Crippen LogP contribution < -0.4 is 16.4 Å². The molecule has 0 radical (unpaired) electrons. The van der Waals surface area contributed by atoms with E-state index in [9.17, 15) is 14.4 Å². The molecule has 0 aliphatic rings. The summed E-state index contributed by atoms with van der Waals surface area (Å²) in [6, 6.07) is 25.2. The van der Waals surface area contributed by atoms with Gasteiger partial charge in [0.25, 0.3) is 5.91 Å². The summed E-state index contributed by atoms with van der Waals surface area (Å²) in [4.78, 5) is 45.3. The molecule has 0 aliphatic heterocycles. The second-order valence-electron chi connectivity index (χ2n) is 9.99. The number of carbonyl (C=O) groups excluding carboxylic acids is 3. The molecule has 0 spiro atoms. The van der Waals surface area contributed by atoms with Crippen LogP contribution >= 0.6 is 0 Å². The van der Waals surface area contributed by atoms with Crippen molar-refractivity contribution in [2.75, 3.05) is 13.6 Å². The monoisotopic (exact) mass is 539 g/mol. The van der Waals surface area contributed by atoms with Gasteiger partial charge in [-0.3, -0.25) is 14.4 Å². The molecule has 4 aromatic rings. The lowest BCUT2D eigenvalue weighted by Gasteiger charge is -2.27. The second kappa shape index (κ2) is 14.1. The number of unbranched alkanes of at least 4 members (excludes halogenated alkanes) is 1. The minimum absolute atomic E-state index is 0.204. The summed E-state index contributed by atoms with van der Waals surface area (Å²) in [5, 5.41) is 6.65. The van der Waals surface area contributed by atoms with E-state index in [4.69, 9.17) is 5.73 Å². The zero-order valence-electron chi connectivity index (χ0n) is 22.8. The number of nitrogens with one attached hydrogen (secondary N) is 3. The Balaban J connectivity index is 1.52. The topological polar surface area (TPSA) is 120 Å². The van der Waals surface area contributed by atoms with Crippen molar-refractivity contribution >= 4 is 28.6 Å². The van der Waals surface area contributed by atoms with Crippen molar-refractivity contribution in [3.05, 3.63) is 108 Å². The molecule has 208 valence electrons. The molecule has 0 aliphatic carbocycles. The maximum absolute atomic E-state index is 13.7. The number of H-pyrrole nitrogens is 1. The summed E-state index contributed by atoms with van der Waals surface area (Å²) in [5.41, 5.74) is 8.92. The number of nitrogens with two attached hydrogens (primary N) is 1. The Morgan fingerprint density at radius 3 is 2.17 bits per heavy atom. The van der Waals surface area contributed by atoms with Crippen LogP contribution in [-0.4, -0.2) is 53.3 Å². The van der Waals surface area contributed by atoms with Gasteiger partial charge in [0.1, 0.15) is 12.1 Å². The van der Waals surface area contributed by atoms with Gasteiger partial charge in [-0.1, -0.05) is 78.9 Å². The number of amides is 3. The molecule has 3 aromatic carbocycles. The molecular formula is C32H37N5O3. The molecule has 0 saturated heterocycles. The smallest absolute Gasteiger partial charge is 0.254 e. The average Bonchev–Trinajstić information content (AvgIpc) is 3.41. The number of para-hydroxylation sites is 1. The zero-order valence-corrected chi connectivity index (χ0v) is 22.8. The normalized spacial score (nSPS) is 12.4. The van der Waals surface area contributed by atoms with Gasteiger partial charge >= 0.3 is 0 Å². The summed E-state index contributed by atoms with van der Waals surface area (Å²) in [5.74, 6) is -0.949. The van der Waals surface area contributed by atoms with E-state index in [-0.39, 0.29) is 11.8 Å². The molecule has 8 nitrogen and oxygen atoms in total. The van der Waals surface area contributed by atoms with Gasteiger partial charge in [0.2, 0.25) is 11.8 Å². The molecule has 40 heavy (non-hydrogen) atoms. The van der Waals surface area contributed by atoms with Gasteiger partial charge in [0.15, 0.2) is 0 Å². The number of hydrogen-bond donors (Lipinski definition) is 4. The van der Waals surface area contributed by atoms with Crippen LogP contribution in [0.25, 0.3) is 10.9 Å². The predicted octanol–water partition coefficient (Wildman–Crippen LogP) is 3.78. The van der Waals surface area contributed by atoms with E-state index in [2.05, 4.69) is 15.6 Å². The van der Waals surface area contributed by atoms with Crippen molar-refractivity contribution in [1.82, 2.24) is 20.5 Å². The standard InChI is InChI=1S/C32H37N5O3/c1-37(22-24-14-6-3-7-15-24)32(40)29(20-23-12-4-2-5-13-23)36-31(39)28(18-10-11-19-33)35-30(38)26-21-34-27-17-9-8-16-25(26)27/h2-9,12-17,21,28-29,34H,10-11,18-20,22,33H2,1H3,(H,35,38)(H,36,39)/t28-,29-/m0/s1. The van der Waals surface area contributed by atoms with Crippen molar-refractivity contribution in [2.24, 2.45) is 5.73 Å². The maximum Gasteiger partial charge on any atom is 0.254 e. The number of rotatable bonds is 13. The predicted molar refractivity (Wildman–Crippen MR) is 157 cm³/mol. The summed E-state index contributed by atoms with van der Waals surface area (Å²) >= 11 is 0. The third-order valence-electron chi connectivity index (χ3n) is 6.94. The molecular weight excluding hydrogens is 502 g/mol. The summed E-state index contributed by atoms with van der Waals surface area (Å²) in [7, 11) is 1.73. The van der Waals surface area contributed by atoms with Crippen LogP contribution in [0.4, 0.5) is 0 Å². The lowest BCUT2D eigenvalue weighted by molar-refractivity contribution is -0.136. The van der Waals surface area contributed by atoms with Gasteiger partial charge in [-0.05, 0) is 43.0 Å². The molecule has 0 bridgehead atoms. The van der Waals surface area contributed by atoms with Gasteiger partial charge in [0, 0.05) is 37.1 Å². The van der Waals surface area contributed by atoms with Gasteiger partial charge in [-0.25, -0.2) is 0 Å². The van der Waals surface area contributed by atoms with Gasteiger partial charge in [-0.2, -0.15) is 0 Å². The quantitative estimate of drug-likeness (QED) is 0.193. The van der Waals surface area contributed by atoms with Crippen molar-refractivity contribution in [3.8, 4) is 0 Å². The molecule has 4 rings (SSSR count). The van der Waals surface area contributed by atoms with Crippen LogP contribution in [0.2, 0.25) is 0 Å². The molecule has 8 heteroatoms. The first-order valence-electron chi connectivity index (χ1n) is 13.7. The van der Waals surface area contributed by atoms with Crippen LogP contribution in [-0.2, 0) is 22.6 Å². The Morgan fingerprint density at radius 1 is 0.825 bits per heavy atom. The molecule has 0 saturated carbocycles. The van der Waals surface area contributed by atoms with E-state index in [1.807, 2.05) is 84.9 Å². The number of aromatic amines is 1. The summed E-state index contributed by atoms with van der Waals surface area (Å²) < 4.78 is 0. The van der Waals surface area contributed by atoms with Crippen LogP contribution in [0.3, 0.4) is 0 Å². The van der Waals surface area contributed by atoms with Crippen LogP contribution in [0.1, 0.15) is 40.7 Å². The molecule has 2 atom stereocenters. The molecule has 5 N–H and O–H groups in total. The fourth-order valence-electron chi connectivity index (χ4n) is 4.78. The Morgan fingerprint density at radius 2 is 1.48 bits per heavy atom. The number of fused-ring (bicyclic) bond motifs is 1. The number of nitrogens with zero attached hydrogens (tertiary/aromatic N) is 1. The Bertz CT molecular complexity index is 1400. The Hall–Kier alpha value is -4.43. The van der Waals surface area contributed by atoms with Crippen molar-refractivity contribution in [1.29, 1.82) is 0 Å². The minimum atomic E-state index is -0.821. The largest absolute Gasteiger partial charge is 0.360 e. The first kappa shape index (κ1) is 28.6. The SMILES string of the molecule is CN(Cc1ccccc1)C(=O)[C@H](Cc1ccccc1)NC(=O)[C@H](CCCCN)NC(=O)c1c[nH]c2ccccc12. The lowest BCUT2D eigenvalue weighted by atomic mass is 10.0. The van der Waals surface area contributed by atoms with Crippen LogP contribution in [0.5, 0.6) is 0 Å². The molecule has 0 unspecified atom stereocenters. The van der Waals surface area contributed by atoms with Crippen molar-refractivity contribution < 1.29 is 14.4 Å². The Labute approximate surface area is 234 Å². The van der Waals surface area contributed by atoms with E-state index in [1.54, 1.807) is 18.1 Å². The first-order chi connectivity index (χ1) is 19.5. The zero-order chi connectivity index (χ0) is 28.3. The van der Waals surface area contributed by atoms with Crippen molar-refractivity contribution in [3.63, 3.8) is 0 Å². The maximum atomic E-state index is 13.7. The lowest BCUT2D eigenvalue weighted by Crippen LogP contribution is -2.54. The molecule has 1 heterocycles. The molecule has 1 aromatic heterocycles. The van der Waals surface area contributed by atoms with Gasteiger partial charge < -0.3 is 26.3 Å². The minimum Gasteiger partial charge on any atom is -0.360 e. The van der Waals surface area contributed by atoms with Crippen molar-refractivity contribution in [2.45, 2.75) is 44.3 Å². The van der Waals surface area contributed by atoms with Gasteiger partial charge in [-0.15, -0.1) is 0 Å². The van der Waals surface area contributed by atoms with E-state index in [0.717, 1.165) is 28.5 Å². The fourth-order valence-corrected chi connectivity index (χ4v) is 4.78. The highest BCUT2D eigenvalue weighted by Gasteiger charge is 2.29. The highest BCUT2D eigenvalue weighted by molar-refractivity contribution is 6.08. The van der Waals surface area contributed by atoms with Crippen LogP contribution in [0.15, 0.2) is 91.1 Å². The van der Waals surface area contributed by atoms with Gasteiger partial charge in [0.05, 0.1) is 5.56 Å². The van der Waals surface area contributed by atoms with E-state index < -0.39 is 18.0 Å². The Kier molecular flexibility index (Phi) is 10.1. The number of hydrogen-bond acceptors (Lipinski definition) is 4. The number of benzene rings is 3. The van der Waals surface area contributed by atoms with Crippen LogP contribution in [0, 0.1) is 0 Å². The molecule has 3 amide bonds. The average molecular weight is 540 g/mol. The number of aromatic nitrogens is 1. The summed E-state index contributed by atoms with van der Waals surface area (Å²) in [6.45, 7) is 0.905. The summed E-state index contributed by atoms with van der Waals surface area (Å²) in [6.07, 6.45) is 3.77. The second-order valence-corrected chi connectivity index (χ2v) is 9.99. The van der Waals surface area contributed by atoms with E-state index in [1.165, 1.54) is 0 Å². The highest BCUT2D eigenvalue weighted by atomic mass is 16.2. The van der Waals surface area contributed by atoms with E-state index in [0.29, 0.717) is 37.9 Å². The number of carbonyl (C=O) groups is 3.